The Labute approximate surface area is 151 Å². The molecule has 0 aromatic heterocycles. The Morgan fingerprint density at radius 2 is 2.00 bits per heavy atom. The second kappa shape index (κ2) is 6.60. The molecule has 2 heterocycles. The minimum absolute atomic E-state index is 0.604. The van der Waals surface area contributed by atoms with Gasteiger partial charge in [0.05, 0.1) is 4.47 Å². The Morgan fingerprint density at radius 3 is 2.78 bits per heavy atom. The summed E-state index contributed by atoms with van der Waals surface area (Å²) in [7, 11) is -0.834. The van der Waals surface area contributed by atoms with E-state index in [1.807, 2.05) is 18.2 Å². The quantitative estimate of drug-likeness (QED) is 0.603. The molecule has 2 aliphatic rings. The average molecular weight is 412 g/mol. The van der Waals surface area contributed by atoms with Gasteiger partial charge in [0.15, 0.2) is 0 Å². The van der Waals surface area contributed by atoms with Crippen molar-refractivity contribution in [2.45, 2.75) is 18.9 Å². The molecule has 0 aliphatic carbocycles. The summed E-state index contributed by atoms with van der Waals surface area (Å²) >= 11 is 9.61. The second-order valence-corrected chi connectivity index (χ2v) is 8.77. The first-order valence-corrected chi connectivity index (χ1v) is 10.1. The number of halogens is 2. The summed E-state index contributed by atoms with van der Waals surface area (Å²) in [6.07, 6.45) is 2.52. The first-order chi connectivity index (χ1) is 11.2. The van der Waals surface area contributed by atoms with Crippen LogP contribution in [0.1, 0.15) is 12.8 Å². The lowest BCUT2D eigenvalue weighted by atomic mass is 10.2. The third-order valence-corrected chi connectivity index (χ3v) is 7.27. The van der Waals surface area contributed by atoms with Crippen molar-refractivity contribution in [3.8, 4) is 5.75 Å². The summed E-state index contributed by atoms with van der Waals surface area (Å²) in [5.74, 6) is 0.856. The van der Waals surface area contributed by atoms with E-state index in [1.54, 1.807) is 0 Å². The van der Waals surface area contributed by atoms with Gasteiger partial charge in [-0.2, -0.15) is 0 Å². The van der Waals surface area contributed by atoms with Gasteiger partial charge in [-0.1, -0.05) is 29.8 Å². The number of nitrogens with zero attached hydrogens (tertiary/aromatic N) is 2. The van der Waals surface area contributed by atoms with Crippen LogP contribution in [0, 0.1) is 0 Å². The molecule has 4 rings (SSSR count). The van der Waals surface area contributed by atoms with E-state index < -0.39 is 8.45 Å². The van der Waals surface area contributed by atoms with Crippen molar-refractivity contribution < 1.29 is 4.52 Å². The van der Waals surface area contributed by atoms with Crippen LogP contribution in [0.2, 0.25) is 5.02 Å². The molecule has 23 heavy (non-hydrogen) atoms. The molecule has 2 aromatic carbocycles. The number of hydrogen-bond acceptors (Lipinski definition) is 3. The molecule has 3 nitrogen and oxygen atoms in total. The van der Waals surface area contributed by atoms with Crippen LogP contribution < -0.4 is 9.19 Å². The molecule has 0 spiro atoms. The zero-order valence-electron chi connectivity index (χ0n) is 12.5. The lowest BCUT2D eigenvalue weighted by molar-refractivity contribution is 0.431. The average Bonchev–Trinajstić information content (AvgIpc) is 3.13. The second-order valence-electron chi connectivity index (χ2n) is 5.80. The van der Waals surface area contributed by atoms with E-state index >= 15 is 0 Å². The van der Waals surface area contributed by atoms with Crippen LogP contribution in [0.5, 0.6) is 5.75 Å². The number of fused-ring (bicyclic) bond motifs is 1. The number of rotatable bonds is 3. The molecule has 0 bridgehead atoms. The Morgan fingerprint density at radius 1 is 1.17 bits per heavy atom. The molecule has 0 radical (unpaired) electrons. The first-order valence-electron chi connectivity index (χ1n) is 7.74. The predicted molar refractivity (Wildman–Crippen MR) is 100 cm³/mol. The molecule has 2 saturated heterocycles. The number of hydrogen-bond donors (Lipinski definition) is 0. The Kier molecular flexibility index (Phi) is 4.51. The Bertz CT molecular complexity index is 702. The molecule has 120 valence electrons. The highest BCUT2D eigenvalue weighted by Crippen LogP contribution is 2.57. The molecule has 0 amide bonds. The van der Waals surface area contributed by atoms with Crippen molar-refractivity contribution in [1.29, 1.82) is 0 Å². The van der Waals surface area contributed by atoms with Crippen LogP contribution in [-0.2, 0) is 0 Å². The van der Waals surface area contributed by atoms with Crippen LogP contribution in [0.3, 0.4) is 0 Å². The normalized spacial score (nSPS) is 24.0. The lowest BCUT2D eigenvalue weighted by Gasteiger charge is -2.29. The summed E-state index contributed by atoms with van der Waals surface area (Å²) < 4.78 is 12.3. The molecule has 2 aromatic rings. The van der Waals surface area contributed by atoms with Gasteiger partial charge in [0.2, 0.25) is 0 Å². The highest BCUT2D eigenvalue weighted by Gasteiger charge is 2.45. The van der Waals surface area contributed by atoms with Crippen LogP contribution in [-0.4, -0.2) is 23.8 Å². The SMILES string of the molecule is Clc1ccc(O[P@@]2N(c3ccccc3)C[C@@H]3CCCN32)c(Br)c1. The largest absolute Gasteiger partial charge is 0.439 e. The van der Waals surface area contributed by atoms with Crippen molar-refractivity contribution >= 4 is 41.7 Å². The molecule has 2 fully saturated rings. The third-order valence-electron chi connectivity index (χ3n) is 4.28. The number of para-hydroxylation sites is 1. The third kappa shape index (κ3) is 3.10. The van der Waals surface area contributed by atoms with Crippen molar-refractivity contribution in [3.63, 3.8) is 0 Å². The fraction of sp³-hybridized carbons (Fsp3) is 0.294. The van der Waals surface area contributed by atoms with Crippen LogP contribution in [0.15, 0.2) is 53.0 Å². The maximum absolute atomic E-state index is 6.45. The number of anilines is 1. The van der Waals surface area contributed by atoms with Gasteiger partial charge in [-0.25, -0.2) is 4.67 Å². The van der Waals surface area contributed by atoms with Crippen molar-refractivity contribution in [3.05, 3.63) is 58.0 Å². The van der Waals surface area contributed by atoms with Crippen LogP contribution in [0.25, 0.3) is 0 Å². The zero-order valence-corrected chi connectivity index (χ0v) is 15.8. The maximum atomic E-state index is 6.45. The van der Waals surface area contributed by atoms with E-state index in [0.717, 1.165) is 23.3 Å². The van der Waals surface area contributed by atoms with Gasteiger partial charge in [0.1, 0.15) is 5.75 Å². The summed E-state index contributed by atoms with van der Waals surface area (Å²) in [6, 6.07) is 16.9. The fourth-order valence-electron chi connectivity index (χ4n) is 3.18. The molecular formula is C17H17BrClN2OP. The standard InChI is InChI=1S/C17H17BrClN2OP/c18-16-11-13(19)8-9-17(16)22-23-20-10-4-7-15(20)12-21(23)14-5-2-1-3-6-14/h1-3,5-6,8-9,11,15H,4,7,10,12H2/t15-,23+/m0/s1. The topological polar surface area (TPSA) is 15.7 Å². The van der Waals surface area contributed by atoms with Gasteiger partial charge in [0.25, 0.3) is 8.45 Å². The summed E-state index contributed by atoms with van der Waals surface area (Å²) in [5.41, 5.74) is 1.23. The minimum atomic E-state index is -0.834. The van der Waals surface area contributed by atoms with Gasteiger partial charge in [-0.05, 0) is 59.1 Å². The van der Waals surface area contributed by atoms with Crippen LogP contribution >= 0.6 is 36.0 Å². The summed E-state index contributed by atoms with van der Waals surface area (Å²) in [4.78, 5) is 0. The van der Waals surface area contributed by atoms with E-state index in [2.05, 4.69) is 55.6 Å². The van der Waals surface area contributed by atoms with E-state index in [0.29, 0.717) is 11.1 Å². The highest BCUT2D eigenvalue weighted by molar-refractivity contribution is 9.10. The lowest BCUT2D eigenvalue weighted by Crippen LogP contribution is -2.20. The van der Waals surface area contributed by atoms with Gasteiger partial charge < -0.3 is 9.19 Å². The van der Waals surface area contributed by atoms with Crippen molar-refractivity contribution in [2.75, 3.05) is 17.8 Å². The predicted octanol–water partition coefficient (Wildman–Crippen LogP) is 5.69. The maximum Gasteiger partial charge on any atom is 0.279 e. The summed E-state index contributed by atoms with van der Waals surface area (Å²) in [5, 5.41) is 0.711. The molecule has 0 saturated carbocycles. The molecule has 0 unspecified atom stereocenters. The van der Waals surface area contributed by atoms with E-state index in [-0.39, 0.29) is 0 Å². The fourth-order valence-corrected chi connectivity index (χ4v) is 6.33. The van der Waals surface area contributed by atoms with E-state index in [1.165, 1.54) is 18.5 Å². The van der Waals surface area contributed by atoms with Gasteiger partial charge in [-0.15, -0.1) is 0 Å². The van der Waals surface area contributed by atoms with Crippen molar-refractivity contribution in [1.82, 2.24) is 4.67 Å². The Balaban J connectivity index is 1.64. The van der Waals surface area contributed by atoms with Crippen molar-refractivity contribution in [2.24, 2.45) is 0 Å². The smallest absolute Gasteiger partial charge is 0.279 e. The first kappa shape index (κ1) is 15.7. The van der Waals surface area contributed by atoms with Crippen LogP contribution in [0.4, 0.5) is 5.69 Å². The highest BCUT2D eigenvalue weighted by atomic mass is 79.9. The van der Waals surface area contributed by atoms with Gasteiger partial charge in [0, 0.05) is 29.8 Å². The van der Waals surface area contributed by atoms with Gasteiger partial charge >= 0.3 is 0 Å². The monoisotopic (exact) mass is 410 g/mol. The Hall–Kier alpha value is -0.800. The molecule has 2 aliphatic heterocycles. The number of benzene rings is 2. The molecule has 0 N–H and O–H groups in total. The minimum Gasteiger partial charge on any atom is -0.439 e. The van der Waals surface area contributed by atoms with E-state index in [9.17, 15) is 0 Å². The van der Waals surface area contributed by atoms with Gasteiger partial charge in [-0.3, -0.25) is 0 Å². The molecule has 2 atom stereocenters. The molecular weight excluding hydrogens is 395 g/mol. The summed E-state index contributed by atoms with van der Waals surface area (Å²) in [6.45, 7) is 2.16. The molecule has 6 heteroatoms. The van der Waals surface area contributed by atoms with E-state index in [4.69, 9.17) is 16.1 Å². The zero-order chi connectivity index (χ0) is 15.8.